The predicted molar refractivity (Wildman–Crippen MR) is 130 cm³/mol. The molecule has 1 heterocycles. The number of nitrogens with zero attached hydrogens (tertiary/aromatic N) is 3. The van der Waals surface area contributed by atoms with Crippen molar-refractivity contribution in [1.29, 1.82) is 0 Å². The zero-order chi connectivity index (χ0) is 20.5. The number of carbonyl (C=O) groups excluding carboxylic acids is 1. The highest BCUT2D eigenvalue weighted by molar-refractivity contribution is 14.0. The van der Waals surface area contributed by atoms with E-state index in [9.17, 15) is 4.79 Å². The molecule has 1 aliphatic heterocycles. The van der Waals surface area contributed by atoms with E-state index in [1.807, 2.05) is 25.2 Å². The third-order valence-corrected chi connectivity index (χ3v) is 5.66. The highest BCUT2D eigenvalue weighted by Gasteiger charge is 2.29. The fourth-order valence-electron chi connectivity index (χ4n) is 3.85. The molecule has 1 aromatic carbocycles. The van der Waals surface area contributed by atoms with Gasteiger partial charge in [0.15, 0.2) is 12.6 Å². The first kappa shape index (κ1) is 25.5. The van der Waals surface area contributed by atoms with Crippen LogP contribution in [0, 0.1) is 11.8 Å². The van der Waals surface area contributed by atoms with Gasteiger partial charge in [0.05, 0.1) is 0 Å². The van der Waals surface area contributed by atoms with Crippen LogP contribution in [0.2, 0.25) is 0 Å². The molecule has 1 aliphatic rings. The number of amides is 1. The Labute approximate surface area is 193 Å². The monoisotopic (exact) mass is 516 g/mol. The van der Waals surface area contributed by atoms with Gasteiger partial charge in [-0.3, -0.25) is 9.79 Å². The molecule has 1 N–H and O–H groups in total. The maximum absolute atomic E-state index is 11.7. The highest BCUT2D eigenvalue weighted by atomic mass is 127. The molecule has 0 spiro atoms. The number of hydrogen-bond donors (Lipinski definition) is 1. The van der Waals surface area contributed by atoms with Gasteiger partial charge in [-0.1, -0.05) is 38.8 Å². The van der Waals surface area contributed by atoms with Crippen molar-refractivity contribution in [2.24, 2.45) is 16.8 Å². The number of rotatable bonds is 8. The fraction of sp³-hybridized carbons (Fsp3) is 0.636. The number of guanidine groups is 1. The zero-order valence-electron chi connectivity index (χ0n) is 18.5. The van der Waals surface area contributed by atoms with E-state index < -0.39 is 0 Å². The number of aliphatic imine (C=N–C) groups is 1. The summed E-state index contributed by atoms with van der Waals surface area (Å²) in [5.74, 6) is 3.19. The molecule has 1 fully saturated rings. The van der Waals surface area contributed by atoms with Crippen molar-refractivity contribution in [2.75, 3.05) is 40.8 Å². The van der Waals surface area contributed by atoms with Gasteiger partial charge in [0, 0.05) is 40.8 Å². The lowest BCUT2D eigenvalue weighted by Gasteiger charge is -2.24. The SMILES string of the molecule is CCC(CC)C1CCN(C(=NC)NCc2cccc(OCC(=O)N(C)C)c2)C1.I. The van der Waals surface area contributed by atoms with Gasteiger partial charge in [0.25, 0.3) is 5.91 Å². The van der Waals surface area contributed by atoms with E-state index in [0.29, 0.717) is 12.3 Å². The summed E-state index contributed by atoms with van der Waals surface area (Å²) in [5.41, 5.74) is 1.10. The van der Waals surface area contributed by atoms with Gasteiger partial charge in [0.2, 0.25) is 0 Å². The van der Waals surface area contributed by atoms with E-state index in [-0.39, 0.29) is 36.5 Å². The van der Waals surface area contributed by atoms with E-state index in [0.717, 1.165) is 36.4 Å². The molecule has 0 radical (unpaired) electrons. The maximum atomic E-state index is 11.7. The van der Waals surface area contributed by atoms with Gasteiger partial charge in [-0.2, -0.15) is 0 Å². The van der Waals surface area contributed by atoms with E-state index in [4.69, 9.17) is 4.74 Å². The molecule has 1 amide bonds. The van der Waals surface area contributed by atoms with Crippen LogP contribution >= 0.6 is 24.0 Å². The van der Waals surface area contributed by atoms with Crippen LogP contribution in [0.15, 0.2) is 29.3 Å². The van der Waals surface area contributed by atoms with Crippen molar-refractivity contribution in [1.82, 2.24) is 15.1 Å². The Hall–Kier alpha value is -1.51. The average Bonchev–Trinajstić information content (AvgIpc) is 3.17. The Morgan fingerprint density at radius 2 is 2.07 bits per heavy atom. The second-order valence-corrected chi connectivity index (χ2v) is 7.70. The van der Waals surface area contributed by atoms with E-state index >= 15 is 0 Å². The standard InChI is InChI=1S/C22H36N4O2.HI/c1-6-18(7-2)19-11-12-26(15-19)22(23-3)24-14-17-9-8-10-20(13-17)28-16-21(27)25(4)5;/h8-10,13,18-19H,6-7,11-12,14-16H2,1-5H3,(H,23,24);1H. The lowest BCUT2D eigenvalue weighted by atomic mass is 9.87. The van der Waals surface area contributed by atoms with E-state index in [1.165, 1.54) is 24.2 Å². The molecule has 1 aromatic rings. The number of benzene rings is 1. The number of likely N-dealkylation sites (tertiary alicyclic amines) is 1. The van der Waals surface area contributed by atoms with Crippen LogP contribution in [0.4, 0.5) is 0 Å². The van der Waals surface area contributed by atoms with Crippen LogP contribution in [0.5, 0.6) is 5.75 Å². The summed E-state index contributed by atoms with van der Waals surface area (Å²) >= 11 is 0. The Kier molecular flexibility index (Phi) is 11.4. The largest absolute Gasteiger partial charge is 0.484 e. The molecule has 29 heavy (non-hydrogen) atoms. The van der Waals surface area contributed by atoms with Crippen molar-refractivity contribution in [2.45, 2.75) is 39.7 Å². The molecule has 0 aromatic heterocycles. The summed E-state index contributed by atoms with van der Waals surface area (Å²) in [5, 5.41) is 3.48. The highest BCUT2D eigenvalue weighted by Crippen LogP contribution is 2.28. The van der Waals surface area contributed by atoms with Crippen LogP contribution in [0.3, 0.4) is 0 Å². The predicted octanol–water partition coefficient (Wildman–Crippen LogP) is 3.61. The molecule has 7 heteroatoms. The molecule has 0 saturated carbocycles. The molecule has 1 atom stereocenters. The molecule has 6 nitrogen and oxygen atoms in total. The Balaban J connectivity index is 0.00000420. The summed E-state index contributed by atoms with van der Waals surface area (Å²) in [6.07, 6.45) is 3.75. The normalized spacial score (nSPS) is 16.6. The summed E-state index contributed by atoms with van der Waals surface area (Å²) < 4.78 is 5.61. The molecule has 2 rings (SSSR count). The lowest BCUT2D eigenvalue weighted by Crippen LogP contribution is -2.40. The van der Waals surface area contributed by atoms with Gasteiger partial charge in [0.1, 0.15) is 5.75 Å². The topological polar surface area (TPSA) is 57.2 Å². The first-order valence-electron chi connectivity index (χ1n) is 10.4. The van der Waals surface area contributed by atoms with Gasteiger partial charge >= 0.3 is 0 Å². The Bertz CT molecular complexity index is 662. The maximum Gasteiger partial charge on any atom is 0.259 e. The van der Waals surface area contributed by atoms with Crippen LogP contribution in [-0.2, 0) is 11.3 Å². The van der Waals surface area contributed by atoms with E-state index in [1.54, 1.807) is 14.1 Å². The lowest BCUT2D eigenvalue weighted by molar-refractivity contribution is -0.130. The summed E-state index contributed by atoms with van der Waals surface area (Å²) in [7, 11) is 5.30. The second-order valence-electron chi connectivity index (χ2n) is 7.70. The van der Waals surface area contributed by atoms with E-state index in [2.05, 4.69) is 35.1 Å². The number of nitrogens with one attached hydrogen (secondary N) is 1. The third-order valence-electron chi connectivity index (χ3n) is 5.66. The van der Waals surface area contributed by atoms with Gasteiger partial charge < -0.3 is 19.9 Å². The minimum Gasteiger partial charge on any atom is -0.484 e. The minimum absolute atomic E-state index is 0. The molecule has 1 saturated heterocycles. The summed E-state index contributed by atoms with van der Waals surface area (Å²) in [6, 6.07) is 7.86. The molecular weight excluding hydrogens is 479 g/mol. The molecule has 0 aliphatic carbocycles. The molecule has 0 bridgehead atoms. The summed E-state index contributed by atoms with van der Waals surface area (Å²) in [6.45, 7) is 7.48. The molecule has 164 valence electrons. The van der Waals surface area contributed by atoms with Gasteiger partial charge in [-0.15, -0.1) is 24.0 Å². The van der Waals surface area contributed by atoms with Crippen LogP contribution in [-0.4, -0.2) is 62.5 Å². The number of likely N-dealkylation sites (N-methyl/N-ethyl adjacent to an activating group) is 1. The minimum atomic E-state index is -0.0509. The Morgan fingerprint density at radius 1 is 1.34 bits per heavy atom. The van der Waals surface area contributed by atoms with Crippen molar-refractivity contribution < 1.29 is 9.53 Å². The molecule has 1 unspecified atom stereocenters. The van der Waals surface area contributed by atoms with Crippen LogP contribution < -0.4 is 10.1 Å². The van der Waals surface area contributed by atoms with Gasteiger partial charge in [-0.25, -0.2) is 0 Å². The van der Waals surface area contributed by atoms with Gasteiger partial charge in [-0.05, 0) is 36.0 Å². The first-order chi connectivity index (χ1) is 13.5. The fourth-order valence-corrected chi connectivity index (χ4v) is 3.85. The quantitative estimate of drug-likeness (QED) is 0.326. The van der Waals surface area contributed by atoms with Crippen molar-refractivity contribution >= 4 is 35.8 Å². The number of carbonyl (C=O) groups is 1. The number of ether oxygens (including phenoxy) is 1. The number of halogens is 1. The van der Waals surface area contributed by atoms with Crippen molar-refractivity contribution in [3.05, 3.63) is 29.8 Å². The molecular formula is C22H37IN4O2. The number of hydrogen-bond acceptors (Lipinski definition) is 3. The van der Waals surface area contributed by atoms with Crippen LogP contribution in [0.25, 0.3) is 0 Å². The average molecular weight is 516 g/mol. The van der Waals surface area contributed by atoms with Crippen molar-refractivity contribution in [3.63, 3.8) is 0 Å². The third kappa shape index (κ3) is 7.68. The first-order valence-corrected chi connectivity index (χ1v) is 10.4. The van der Waals surface area contributed by atoms with Crippen molar-refractivity contribution in [3.8, 4) is 5.75 Å². The second kappa shape index (κ2) is 12.9. The van der Waals surface area contributed by atoms with Crippen LogP contribution in [0.1, 0.15) is 38.7 Å². The Morgan fingerprint density at radius 3 is 2.69 bits per heavy atom. The smallest absolute Gasteiger partial charge is 0.259 e. The zero-order valence-corrected chi connectivity index (χ0v) is 20.8. The summed E-state index contributed by atoms with van der Waals surface area (Å²) in [4.78, 5) is 20.1.